The molecule has 2 aromatic carbocycles. The minimum absolute atomic E-state index is 0.382. The maximum absolute atomic E-state index is 12.0. The monoisotopic (exact) mass is 397 g/mol. The lowest BCUT2D eigenvalue weighted by Gasteiger charge is -2.12. The van der Waals surface area contributed by atoms with Gasteiger partial charge in [0.25, 0.3) is 5.91 Å². The van der Waals surface area contributed by atoms with E-state index in [4.69, 9.17) is 39.5 Å². The summed E-state index contributed by atoms with van der Waals surface area (Å²) in [5, 5.41) is 4.00. The van der Waals surface area contributed by atoms with Gasteiger partial charge in [-0.15, -0.1) is 0 Å². The quantitative estimate of drug-likeness (QED) is 0.554. The van der Waals surface area contributed by atoms with E-state index in [1.807, 2.05) is 0 Å². The molecule has 0 aliphatic carbocycles. The molecule has 7 heteroatoms. The number of rotatable bonds is 5. The van der Waals surface area contributed by atoms with Gasteiger partial charge < -0.3 is 10.1 Å². The molecule has 0 heterocycles. The first-order valence-corrected chi connectivity index (χ1v) is 8.39. The number of amides is 1. The number of carbonyl (C=O) groups is 2. The Hall–Kier alpha value is -2.01. The molecule has 0 aliphatic heterocycles. The number of ether oxygens (including phenoxy) is 1. The van der Waals surface area contributed by atoms with Gasteiger partial charge >= 0.3 is 5.97 Å². The Balaban J connectivity index is 1.90. The number of hydrogen-bond donors (Lipinski definition) is 1. The smallest absolute Gasteiger partial charge is 0.331 e. The standard InChI is InChI=1S/C18H14Cl3NO3/c1-11(18(24)22-14-6-4-13(19)5-7-14)25-17(23)9-3-12-2-8-15(20)16(21)10-12/h2-11H,1H3,(H,22,24)/b9-3+/t11-/m0/s1. The molecule has 4 nitrogen and oxygen atoms in total. The van der Waals surface area contributed by atoms with Crippen LogP contribution in [-0.4, -0.2) is 18.0 Å². The van der Waals surface area contributed by atoms with Gasteiger partial charge in [-0.05, 0) is 55.0 Å². The van der Waals surface area contributed by atoms with Crippen molar-refractivity contribution in [3.63, 3.8) is 0 Å². The summed E-state index contributed by atoms with van der Waals surface area (Å²) < 4.78 is 5.06. The highest BCUT2D eigenvalue weighted by molar-refractivity contribution is 6.42. The second-order valence-electron chi connectivity index (χ2n) is 5.08. The van der Waals surface area contributed by atoms with Crippen LogP contribution in [0.1, 0.15) is 12.5 Å². The molecule has 0 spiro atoms. The second-order valence-corrected chi connectivity index (χ2v) is 6.33. The van der Waals surface area contributed by atoms with Crippen LogP contribution in [0.5, 0.6) is 0 Å². The van der Waals surface area contributed by atoms with Gasteiger partial charge in [0.05, 0.1) is 10.0 Å². The predicted molar refractivity (Wildman–Crippen MR) is 101 cm³/mol. The lowest BCUT2D eigenvalue weighted by molar-refractivity contribution is -0.148. The van der Waals surface area contributed by atoms with Crippen molar-refractivity contribution in [2.45, 2.75) is 13.0 Å². The van der Waals surface area contributed by atoms with Crippen LogP contribution in [0.3, 0.4) is 0 Å². The van der Waals surface area contributed by atoms with Crippen LogP contribution in [0, 0.1) is 0 Å². The molecule has 2 aromatic rings. The Morgan fingerprint density at radius 3 is 2.36 bits per heavy atom. The lowest BCUT2D eigenvalue weighted by Crippen LogP contribution is -2.29. The molecule has 1 N–H and O–H groups in total. The largest absolute Gasteiger partial charge is 0.449 e. The van der Waals surface area contributed by atoms with E-state index in [9.17, 15) is 9.59 Å². The van der Waals surface area contributed by atoms with E-state index in [2.05, 4.69) is 5.32 Å². The molecule has 0 aliphatic rings. The van der Waals surface area contributed by atoms with Crippen molar-refractivity contribution in [3.05, 3.63) is 69.2 Å². The van der Waals surface area contributed by atoms with Crippen molar-refractivity contribution in [2.24, 2.45) is 0 Å². The number of benzene rings is 2. The average Bonchev–Trinajstić information content (AvgIpc) is 2.58. The molecule has 0 bridgehead atoms. The van der Waals surface area contributed by atoms with Crippen molar-refractivity contribution in [2.75, 3.05) is 5.32 Å². The van der Waals surface area contributed by atoms with Crippen LogP contribution in [0.4, 0.5) is 5.69 Å². The molecular weight excluding hydrogens is 385 g/mol. The molecule has 0 radical (unpaired) electrons. The van der Waals surface area contributed by atoms with Crippen molar-refractivity contribution in [1.82, 2.24) is 0 Å². The van der Waals surface area contributed by atoms with Crippen molar-refractivity contribution in [1.29, 1.82) is 0 Å². The zero-order chi connectivity index (χ0) is 18.4. The van der Waals surface area contributed by atoms with E-state index in [1.165, 1.54) is 19.1 Å². The third-order valence-electron chi connectivity index (χ3n) is 3.13. The Morgan fingerprint density at radius 1 is 1.04 bits per heavy atom. The first-order chi connectivity index (χ1) is 11.8. The van der Waals surface area contributed by atoms with Crippen LogP contribution >= 0.6 is 34.8 Å². The molecule has 1 atom stereocenters. The highest BCUT2D eigenvalue weighted by atomic mass is 35.5. The number of halogens is 3. The molecular formula is C18H14Cl3NO3. The fourth-order valence-corrected chi connectivity index (χ4v) is 2.26. The predicted octanol–water partition coefficient (Wildman–Crippen LogP) is 5.23. The van der Waals surface area contributed by atoms with Gasteiger partial charge in [-0.1, -0.05) is 40.9 Å². The Kier molecular flexibility index (Phi) is 6.88. The first kappa shape index (κ1) is 19.3. The van der Waals surface area contributed by atoms with Crippen LogP contribution in [0.25, 0.3) is 6.08 Å². The summed E-state index contributed by atoms with van der Waals surface area (Å²) >= 11 is 17.5. The number of hydrogen-bond acceptors (Lipinski definition) is 3. The van der Waals surface area contributed by atoms with Gasteiger partial charge in [0, 0.05) is 16.8 Å². The Labute approximate surface area is 160 Å². The Morgan fingerprint density at radius 2 is 1.72 bits per heavy atom. The number of anilines is 1. The van der Waals surface area contributed by atoms with Gasteiger partial charge in [-0.25, -0.2) is 4.79 Å². The summed E-state index contributed by atoms with van der Waals surface area (Å²) in [4.78, 5) is 23.8. The van der Waals surface area contributed by atoms with Crippen molar-refractivity contribution in [3.8, 4) is 0 Å². The summed E-state index contributed by atoms with van der Waals surface area (Å²) in [5.41, 5.74) is 1.24. The highest BCUT2D eigenvalue weighted by Gasteiger charge is 2.16. The van der Waals surface area contributed by atoms with Gasteiger partial charge in [0.15, 0.2) is 6.10 Å². The summed E-state index contributed by atoms with van der Waals surface area (Å²) in [7, 11) is 0. The zero-order valence-corrected chi connectivity index (χ0v) is 15.4. The molecule has 0 saturated carbocycles. The highest BCUT2D eigenvalue weighted by Crippen LogP contribution is 2.23. The fourth-order valence-electron chi connectivity index (χ4n) is 1.82. The van der Waals surface area contributed by atoms with E-state index in [0.717, 1.165) is 0 Å². The average molecular weight is 399 g/mol. The topological polar surface area (TPSA) is 55.4 Å². The molecule has 2 rings (SSSR count). The molecule has 0 aromatic heterocycles. The molecule has 25 heavy (non-hydrogen) atoms. The van der Waals surface area contributed by atoms with E-state index in [1.54, 1.807) is 42.5 Å². The third-order valence-corrected chi connectivity index (χ3v) is 4.12. The van der Waals surface area contributed by atoms with E-state index >= 15 is 0 Å². The maximum Gasteiger partial charge on any atom is 0.331 e. The van der Waals surface area contributed by atoms with E-state index in [0.29, 0.717) is 26.3 Å². The minimum atomic E-state index is -0.957. The number of carbonyl (C=O) groups excluding carboxylic acids is 2. The summed E-state index contributed by atoms with van der Waals surface area (Å²) in [6, 6.07) is 11.5. The van der Waals surface area contributed by atoms with Crippen molar-refractivity contribution < 1.29 is 14.3 Å². The zero-order valence-electron chi connectivity index (χ0n) is 13.1. The van der Waals surface area contributed by atoms with Crippen LogP contribution < -0.4 is 5.32 Å². The first-order valence-electron chi connectivity index (χ1n) is 7.25. The normalized spacial score (nSPS) is 12.0. The molecule has 1 amide bonds. The van der Waals surface area contributed by atoms with Gasteiger partial charge in [0.1, 0.15) is 0 Å². The van der Waals surface area contributed by atoms with E-state index in [-0.39, 0.29) is 0 Å². The van der Waals surface area contributed by atoms with Crippen molar-refractivity contribution >= 4 is 58.4 Å². The summed E-state index contributed by atoms with van der Waals surface area (Å²) in [6.07, 6.45) is 1.78. The number of nitrogens with one attached hydrogen (secondary N) is 1. The number of esters is 1. The van der Waals surface area contributed by atoms with Gasteiger partial charge in [-0.2, -0.15) is 0 Å². The molecule has 130 valence electrons. The van der Waals surface area contributed by atoms with Crippen LogP contribution in [-0.2, 0) is 14.3 Å². The molecule has 0 fully saturated rings. The second kappa shape index (κ2) is 8.90. The minimum Gasteiger partial charge on any atom is -0.449 e. The third kappa shape index (κ3) is 6.09. The fraction of sp³-hybridized carbons (Fsp3) is 0.111. The SMILES string of the molecule is C[C@H](OC(=O)/C=C/c1ccc(Cl)c(Cl)c1)C(=O)Nc1ccc(Cl)cc1. The summed E-state index contributed by atoms with van der Waals surface area (Å²) in [6.45, 7) is 1.48. The summed E-state index contributed by atoms with van der Waals surface area (Å²) in [5.74, 6) is -1.09. The van der Waals surface area contributed by atoms with Gasteiger partial charge in [0.2, 0.25) is 0 Å². The maximum atomic E-state index is 12.0. The molecule has 0 unspecified atom stereocenters. The van der Waals surface area contributed by atoms with Crippen LogP contribution in [0.2, 0.25) is 15.1 Å². The lowest BCUT2D eigenvalue weighted by atomic mass is 10.2. The van der Waals surface area contributed by atoms with Crippen LogP contribution in [0.15, 0.2) is 48.5 Å². The Bertz CT molecular complexity index is 804. The molecule has 0 saturated heterocycles. The van der Waals surface area contributed by atoms with E-state index < -0.39 is 18.0 Å². The van der Waals surface area contributed by atoms with Gasteiger partial charge in [-0.3, -0.25) is 4.79 Å².